The molecule has 102 valence electrons. The van der Waals surface area contributed by atoms with Gasteiger partial charge in [-0.05, 0) is 28.1 Å². The van der Waals surface area contributed by atoms with Gasteiger partial charge in [0.1, 0.15) is 6.54 Å². The monoisotopic (exact) mass is 329 g/mol. The number of carbonyl (C=O) groups is 3. The van der Waals surface area contributed by atoms with Crippen molar-refractivity contribution in [3.63, 3.8) is 0 Å². The fourth-order valence-electron chi connectivity index (χ4n) is 1.23. The topological polar surface area (TPSA) is 122 Å². The van der Waals surface area contributed by atoms with Crippen molar-refractivity contribution in [3.05, 3.63) is 28.2 Å². The molecule has 1 rings (SSSR count). The van der Waals surface area contributed by atoms with Crippen molar-refractivity contribution in [2.75, 3.05) is 18.8 Å². The number of amides is 2. The summed E-state index contributed by atoms with van der Waals surface area (Å²) in [6, 6.07) is 4.84. The van der Waals surface area contributed by atoms with Crippen molar-refractivity contribution in [3.8, 4) is 0 Å². The molecule has 5 N–H and O–H groups in total. The smallest absolute Gasteiger partial charge is 0.322 e. The second-order valence-electron chi connectivity index (χ2n) is 3.55. The predicted molar refractivity (Wildman–Crippen MR) is 71.5 cm³/mol. The van der Waals surface area contributed by atoms with E-state index in [1.165, 1.54) is 6.07 Å². The zero-order valence-corrected chi connectivity index (χ0v) is 11.4. The van der Waals surface area contributed by atoms with Gasteiger partial charge >= 0.3 is 5.97 Å². The number of benzene rings is 1. The lowest BCUT2D eigenvalue weighted by Gasteiger charge is -2.08. The Morgan fingerprint density at radius 3 is 2.53 bits per heavy atom. The average molecular weight is 330 g/mol. The van der Waals surface area contributed by atoms with Crippen molar-refractivity contribution in [2.24, 2.45) is 0 Å². The fraction of sp³-hybridized carbons (Fsp3) is 0.182. The Bertz CT molecular complexity index is 519. The maximum atomic E-state index is 11.8. The normalized spacial score (nSPS) is 9.74. The maximum Gasteiger partial charge on any atom is 0.322 e. The number of rotatable bonds is 5. The van der Waals surface area contributed by atoms with Crippen molar-refractivity contribution in [1.29, 1.82) is 0 Å². The van der Waals surface area contributed by atoms with Crippen LogP contribution in [0.2, 0.25) is 0 Å². The molecule has 0 atom stereocenters. The first kappa shape index (κ1) is 15.0. The number of carboxylic acids is 1. The SMILES string of the molecule is Nc1c(Br)cccc1C(=O)NCC(=O)NCC(=O)O. The number of nitrogen functional groups attached to an aromatic ring is 1. The number of carbonyl (C=O) groups excluding carboxylic acids is 2. The number of nitrogens with two attached hydrogens (primary N) is 1. The molecule has 0 unspecified atom stereocenters. The quantitative estimate of drug-likeness (QED) is 0.565. The minimum atomic E-state index is -1.16. The molecule has 0 aliphatic rings. The van der Waals surface area contributed by atoms with Crippen LogP contribution in [0.25, 0.3) is 0 Å². The van der Waals surface area contributed by atoms with E-state index in [0.717, 1.165) is 0 Å². The Hall–Kier alpha value is -2.09. The summed E-state index contributed by atoms with van der Waals surface area (Å²) < 4.78 is 0.579. The Balaban J connectivity index is 2.54. The molecule has 0 saturated carbocycles. The van der Waals surface area contributed by atoms with Crippen molar-refractivity contribution < 1.29 is 19.5 Å². The molecule has 19 heavy (non-hydrogen) atoms. The first-order valence-electron chi connectivity index (χ1n) is 5.22. The van der Waals surface area contributed by atoms with Gasteiger partial charge in [-0.2, -0.15) is 0 Å². The van der Waals surface area contributed by atoms with Gasteiger partial charge in [-0.1, -0.05) is 6.07 Å². The molecule has 8 heteroatoms. The third-order valence-corrected chi connectivity index (χ3v) is 2.84. The Morgan fingerprint density at radius 1 is 1.21 bits per heavy atom. The van der Waals surface area contributed by atoms with Gasteiger partial charge in [-0.15, -0.1) is 0 Å². The van der Waals surface area contributed by atoms with Crippen molar-refractivity contribution >= 4 is 39.4 Å². The van der Waals surface area contributed by atoms with E-state index in [2.05, 4.69) is 26.6 Å². The van der Waals surface area contributed by atoms with E-state index in [9.17, 15) is 14.4 Å². The minimum absolute atomic E-state index is 0.236. The standard InChI is InChI=1S/C11H12BrN3O4/c12-7-3-1-2-6(10(7)13)11(19)15-4-8(16)14-5-9(17)18/h1-3H,4-5,13H2,(H,14,16)(H,15,19)(H,17,18). The number of halogens is 1. The summed E-state index contributed by atoms with van der Waals surface area (Å²) >= 11 is 3.19. The summed E-state index contributed by atoms with van der Waals surface area (Å²) in [4.78, 5) is 33.2. The second kappa shape index (κ2) is 6.74. The molecule has 0 bridgehead atoms. The van der Waals surface area contributed by atoms with Crippen LogP contribution in [0.4, 0.5) is 5.69 Å². The second-order valence-corrected chi connectivity index (χ2v) is 4.41. The molecule has 0 saturated heterocycles. The van der Waals surface area contributed by atoms with E-state index in [1.807, 2.05) is 0 Å². The summed E-state index contributed by atoms with van der Waals surface area (Å²) in [5.41, 5.74) is 6.21. The van der Waals surface area contributed by atoms with Gasteiger partial charge in [0.2, 0.25) is 5.91 Å². The maximum absolute atomic E-state index is 11.8. The van der Waals surface area contributed by atoms with Gasteiger partial charge in [0.15, 0.2) is 0 Å². The number of para-hydroxylation sites is 1. The lowest BCUT2D eigenvalue weighted by Crippen LogP contribution is -2.39. The van der Waals surface area contributed by atoms with Crippen LogP contribution in [0, 0.1) is 0 Å². The van der Waals surface area contributed by atoms with Crippen LogP contribution in [-0.2, 0) is 9.59 Å². The molecule has 1 aromatic carbocycles. The number of aliphatic carboxylic acids is 1. The highest BCUT2D eigenvalue weighted by molar-refractivity contribution is 9.10. The minimum Gasteiger partial charge on any atom is -0.480 e. The van der Waals surface area contributed by atoms with Crippen LogP contribution < -0.4 is 16.4 Å². The summed E-state index contributed by atoms with van der Waals surface area (Å²) in [7, 11) is 0. The van der Waals surface area contributed by atoms with E-state index in [-0.39, 0.29) is 17.8 Å². The van der Waals surface area contributed by atoms with E-state index < -0.39 is 24.3 Å². The molecule has 0 aliphatic heterocycles. The van der Waals surface area contributed by atoms with Gasteiger partial charge in [0.25, 0.3) is 5.91 Å². The van der Waals surface area contributed by atoms with E-state index in [0.29, 0.717) is 4.47 Å². The third-order valence-electron chi connectivity index (χ3n) is 2.14. The van der Waals surface area contributed by atoms with Gasteiger partial charge in [0.05, 0.1) is 17.8 Å². The summed E-state index contributed by atoms with van der Waals surface area (Å²) in [5, 5.41) is 12.8. The first-order chi connectivity index (χ1) is 8.91. The van der Waals surface area contributed by atoms with Crippen LogP contribution in [0.3, 0.4) is 0 Å². The zero-order valence-electron chi connectivity index (χ0n) is 9.77. The highest BCUT2D eigenvalue weighted by atomic mass is 79.9. The van der Waals surface area contributed by atoms with Crippen molar-refractivity contribution in [1.82, 2.24) is 10.6 Å². The highest BCUT2D eigenvalue weighted by Crippen LogP contribution is 2.22. The largest absolute Gasteiger partial charge is 0.480 e. The molecule has 0 aliphatic carbocycles. The van der Waals surface area contributed by atoms with Gasteiger partial charge in [0, 0.05) is 4.47 Å². The molecular formula is C11H12BrN3O4. The van der Waals surface area contributed by atoms with Gasteiger partial charge < -0.3 is 21.5 Å². The van der Waals surface area contributed by atoms with Crippen LogP contribution in [0.15, 0.2) is 22.7 Å². The molecule has 0 radical (unpaired) electrons. The average Bonchev–Trinajstić information content (AvgIpc) is 2.36. The highest BCUT2D eigenvalue weighted by Gasteiger charge is 2.12. The first-order valence-corrected chi connectivity index (χ1v) is 6.01. The molecule has 0 spiro atoms. The molecule has 0 fully saturated rings. The lowest BCUT2D eigenvalue weighted by molar-refractivity contribution is -0.137. The van der Waals surface area contributed by atoms with Crippen LogP contribution in [0.5, 0.6) is 0 Å². The summed E-state index contributed by atoms with van der Waals surface area (Å²) in [5.74, 6) is -2.26. The number of hydrogen-bond acceptors (Lipinski definition) is 4. The Morgan fingerprint density at radius 2 is 1.89 bits per heavy atom. The van der Waals surface area contributed by atoms with Crippen LogP contribution in [-0.4, -0.2) is 36.0 Å². The molecule has 7 nitrogen and oxygen atoms in total. The molecule has 0 aromatic heterocycles. The third kappa shape index (κ3) is 4.59. The molecule has 2 amide bonds. The fourth-order valence-corrected chi connectivity index (χ4v) is 1.59. The van der Waals surface area contributed by atoms with E-state index in [4.69, 9.17) is 10.8 Å². The molecular weight excluding hydrogens is 318 g/mol. The molecule has 0 heterocycles. The van der Waals surface area contributed by atoms with Gasteiger partial charge in [-0.3, -0.25) is 14.4 Å². The number of carboxylic acid groups (broad SMARTS) is 1. The number of anilines is 1. The Kier molecular flexibility index (Phi) is 5.31. The predicted octanol–water partition coefficient (Wildman–Crippen LogP) is -0.0381. The van der Waals surface area contributed by atoms with E-state index in [1.54, 1.807) is 12.1 Å². The lowest BCUT2D eigenvalue weighted by atomic mass is 10.1. The van der Waals surface area contributed by atoms with Crippen LogP contribution in [0.1, 0.15) is 10.4 Å². The number of hydrogen-bond donors (Lipinski definition) is 4. The van der Waals surface area contributed by atoms with Crippen LogP contribution >= 0.6 is 15.9 Å². The number of nitrogens with one attached hydrogen (secondary N) is 2. The van der Waals surface area contributed by atoms with Crippen molar-refractivity contribution in [2.45, 2.75) is 0 Å². The summed E-state index contributed by atoms with van der Waals surface area (Å²) in [6.45, 7) is -0.814. The Labute approximate surface area is 117 Å². The zero-order chi connectivity index (χ0) is 14.4. The van der Waals surface area contributed by atoms with E-state index >= 15 is 0 Å². The molecule has 1 aromatic rings. The summed E-state index contributed by atoms with van der Waals surface area (Å²) in [6.07, 6.45) is 0. The van der Waals surface area contributed by atoms with Gasteiger partial charge in [-0.25, -0.2) is 0 Å².